The van der Waals surface area contributed by atoms with E-state index < -0.39 is 48.8 Å². The second-order valence-corrected chi connectivity index (χ2v) is 3.89. The molecule has 0 saturated carbocycles. The van der Waals surface area contributed by atoms with Gasteiger partial charge in [0.05, 0.1) is 12.8 Å². The Morgan fingerprint density at radius 2 is 0.875 bits per heavy atom. The fraction of sp³-hybridized carbons (Fsp3) is 0.600. The summed E-state index contributed by atoms with van der Waals surface area (Å²) in [6, 6.07) is -2.59. The largest absolute Gasteiger partial charge is 0.481 e. The first kappa shape index (κ1) is 36.7. The third-order valence-electron chi connectivity index (χ3n) is 2.26. The maximum absolute atomic E-state index is 10.7. The van der Waals surface area contributed by atoms with Crippen LogP contribution in [-0.4, -0.2) is 188 Å². The molecule has 0 aromatic carbocycles. The Kier molecular flexibility index (Phi) is 32.3. The van der Waals surface area contributed by atoms with E-state index >= 15 is 0 Å². The molecule has 0 aliphatic heterocycles. The summed E-state index contributed by atoms with van der Waals surface area (Å²) in [5.74, 6) is -5.25. The fourth-order valence-electron chi connectivity index (χ4n) is 1.34. The molecule has 24 heavy (non-hydrogen) atoms. The molecule has 0 aromatic rings. The zero-order valence-corrected chi connectivity index (χ0v) is 22.4. The van der Waals surface area contributed by atoms with Gasteiger partial charge in [-0.3, -0.25) is 19.2 Å². The van der Waals surface area contributed by atoms with Crippen molar-refractivity contribution in [1.82, 2.24) is 10.6 Å². The molecule has 0 aromatic heterocycles. The molecule has 14 heteroatoms. The number of nitrogens with one attached hydrogen (secondary N) is 2. The maximum atomic E-state index is 10.7. The minimum absolute atomic E-state index is 0. The van der Waals surface area contributed by atoms with Crippen LogP contribution in [0.2, 0.25) is 0 Å². The average molecular weight is 384 g/mol. The van der Waals surface area contributed by atoms with Crippen molar-refractivity contribution in [3.05, 3.63) is 0 Å². The van der Waals surface area contributed by atoms with Crippen molar-refractivity contribution in [1.29, 1.82) is 0 Å². The van der Waals surface area contributed by atoms with Gasteiger partial charge in [0, 0.05) is 131 Å². The van der Waals surface area contributed by atoms with Crippen LogP contribution in [0.1, 0.15) is 12.8 Å². The van der Waals surface area contributed by atoms with Gasteiger partial charge in [-0.2, -0.15) is 0 Å². The zero-order chi connectivity index (χ0) is 15.7. The van der Waals surface area contributed by atoms with Crippen molar-refractivity contribution in [2.45, 2.75) is 24.9 Å². The molecule has 0 spiro atoms. The first-order chi connectivity index (χ1) is 9.23. The molecular weight excluding hydrogens is 368 g/mol. The molecule has 10 nitrogen and oxygen atoms in total. The molecule has 0 fully saturated rings. The molecular formula is C10H16N2Na4O8. The number of carbonyl (C=O) groups is 4. The van der Waals surface area contributed by atoms with Gasteiger partial charge in [-0.05, 0) is 0 Å². The van der Waals surface area contributed by atoms with Gasteiger partial charge >= 0.3 is 23.9 Å². The van der Waals surface area contributed by atoms with Crippen molar-refractivity contribution in [2.75, 3.05) is 13.1 Å². The summed E-state index contributed by atoms with van der Waals surface area (Å²) in [4.78, 5) is 42.2. The van der Waals surface area contributed by atoms with Gasteiger partial charge in [0.2, 0.25) is 0 Å². The Morgan fingerprint density at radius 1 is 0.625 bits per heavy atom. The number of hydrogen-bond donors (Lipinski definition) is 6. The monoisotopic (exact) mass is 384 g/mol. The molecule has 6 N–H and O–H groups in total. The molecule has 118 valence electrons. The second-order valence-electron chi connectivity index (χ2n) is 3.89. The third-order valence-corrected chi connectivity index (χ3v) is 2.26. The predicted molar refractivity (Wildman–Crippen MR) is 86.4 cm³/mol. The first-order valence-electron chi connectivity index (χ1n) is 5.60. The minimum atomic E-state index is -1.34. The summed E-state index contributed by atoms with van der Waals surface area (Å²) < 4.78 is 0. The normalized spacial score (nSPS) is 11.2. The molecule has 0 aliphatic rings. The van der Waals surface area contributed by atoms with Crippen LogP contribution < -0.4 is 10.6 Å². The Balaban J connectivity index is -0.000000301. The second kappa shape index (κ2) is 21.1. The van der Waals surface area contributed by atoms with E-state index in [0.717, 1.165) is 0 Å². The van der Waals surface area contributed by atoms with Gasteiger partial charge in [0.1, 0.15) is 12.1 Å². The number of aliphatic carboxylic acids is 4. The van der Waals surface area contributed by atoms with Crippen LogP contribution >= 0.6 is 0 Å². The molecule has 0 bridgehead atoms. The van der Waals surface area contributed by atoms with Crippen molar-refractivity contribution < 1.29 is 39.6 Å². The van der Waals surface area contributed by atoms with Crippen molar-refractivity contribution >= 4 is 142 Å². The van der Waals surface area contributed by atoms with Gasteiger partial charge in [-0.25, -0.2) is 0 Å². The van der Waals surface area contributed by atoms with E-state index in [1.165, 1.54) is 0 Å². The van der Waals surface area contributed by atoms with E-state index in [9.17, 15) is 19.2 Å². The standard InChI is InChI=1S/C10H16N2O8.4Na/c13-7(14)3-5(9(17)18)11-1-2-12-6(10(19)20)4-8(15)16;;;;/h5-6,11-12H,1-4H2,(H,13,14)(H,15,16)(H,17,18)(H,19,20);;;;. The van der Waals surface area contributed by atoms with E-state index in [1.54, 1.807) is 0 Å². The van der Waals surface area contributed by atoms with Crippen molar-refractivity contribution in [3.63, 3.8) is 0 Å². The summed E-state index contributed by atoms with van der Waals surface area (Å²) in [6.07, 6.45) is -1.24. The predicted octanol–water partition coefficient (Wildman–Crippen LogP) is -3.50. The summed E-state index contributed by atoms with van der Waals surface area (Å²) in [5, 5.41) is 39.2. The van der Waals surface area contributed by atoms with E-state index in [1.807, 2.05) is 0 Å². The average Bonchev–Trinajstić information content (AvgIpc) is 2.29. The van der Waals surface area contributed by atoms with Crippen LogP contribution in [0.3, 0.4) is 0 Å². The van der Waals surface area contributed by atoms with Crippen LogP contribution in [0.15, 0.2) is 0 Å². The SMILES string of the molecule is O=C(O)CC(NCCNC(CC(=O)O)C(=O)O)C(=O)O.[Na].[Na].[Na].[Na]. The van der Waals surface area contributed by atoms with E-state index in [-0.39, 0.29) is 131 Å². The maximum Gasteiger partial charge on any atom is 0.321 e. The molecule has 0 amide bonds. The third kappa shape index (κ3) is 20.1. The van der Waals surface area contributed by atoms with Crippen molar-refractivity contribution in [2.24, 2.45) is 0 Å². The zero-order valence-electron chi connectivity index (χ0n) is 14.4. The number of hydrogen-bond acceptors (Lipinski definition) is 6. The summed E-state index contributed by atoms with van der Waals surface area (Å²) in [5.41, 5.74) is 0. The van der Waals surface area contributed by atoms with Gasteiger partial charge in [-0.15, -0.1) is 0 Å². The summed E-state index contributed by atoms with van der Waals surface area (Å²) >= 11 is 0. The summed E-state index contributed by atoms with van der Waals surface area (Å²) in [6.45, 7) is -0.0404. The van der Waals surface area contributed by atoms with Crippen LogP contribution in [0.5, 0.6) is 0 Å². The van der Waals surface area contributed by atoms with Crippen LogP contribution in [0.4, 0.5) is 0 Å². The number of rotatable bonds is 11. The van der Waals surface area contributed by atoms with E-state index in [4.69, 9.17) is 20.4 Å². The minimum Gasteiger partial charge on any atom is -0.481 e. The molecule has 0 saturated heterocycles. The first-order valence-corrected chi connectivity index (χ1v) is 5.60. The smallest absolute Gasteiger partial charge is 0.321 e. The number of carboxylic acids is 4. The Hall–Kier alpha value is 1.80. The topological polar surface area (TPSA) is 173 Å². The molecule has 0 heterocycles. The van der Waals surface area contributed by atoms with Gasteiger partial charge < -0.3 is 31.1 Å². The summed E-state index contributed by atoms with van der Waals surface area (Å²) in [7, 11) is 0. The van der Waals surface area contributed by atoms with Gasteiger partial charge in [-0.1, -0.05) is 0 Å². The quantitative estimate of drug-likeness (QED) is 0.155. The number of carboxylic acid groups (broad SMARTS) is 4. The Morgan fingerprint density at radius 3 is 1.04 bits per heavy atom. The Labute approximate surface area is 227 Å². The van der Waals surface area contributed by atoms with Crippen LogP contribution in [0.25, 0.3) is 0 Å². The molecule has 2 unspecified atom stereocenters. The van der Waals surface area contributed by atoms with Gasteiger partial charge in [0.25, 0.3) is 0 Å². The van der Waals surface area contributed by atoms with Crippen LogP contribution in [0, 0.1) is 0 Å². The fourth-order valence-corrected chi connectivity index (χ4v) is 1.34. The van der Waals surface area contributed by atoms with E-state index in [2.05, 4.69) is 10.6 Å². The molecule has 2 atom stereocenters. The van der Waals surface area contributed by atoms with Gasteiger partial charge in [0.15, 0.2) is 0 Å². The molecule has 0 aliphatic carbocycles. The molecule has 0 rings (SSSR count). The van der Waals surface area contributed by atoms with E-state index in [0.29, 0.717) is 0 Å². The van der Waals surface area contributed by atoms with Crippen LogP contribution in [-0.2, 0) is 19.2 Å². The van der Waals surface area contributed by atoms with Crippen molar-refractivity contribution in [3.8, 4) is 0 Å². The molecule has 4 radical (unpaired) electrons. The Bertz CT molecular complexity index is 363.